The van der Waals surface area contributed by atoms with E-state index < -0.39 is 23.1 Å². The number of hydrogen-bond donors (Lipinski definition) is 3. The molecule has 0 fully saturated rings. The first kappa shape index (κ1) is 20.5. The number of fused-ring (bicyclic) bond motifs is 1. The van der Waals surface area contributed by atoms with Gasteiger partial charge < -0.3 is 19.9 Å². The molecule has 0 atom stereocenters. The molecule has 0 amide bonds. The van der Waals surface area contributed by atoms with Crippen LogP contribution < -0.4 is 4.74 Å². The molecule has 0 unspecified atom stereocenters. The van der Waals surface area contributed by atoms with Gasteiger partial charge in [-0.15, -0.1) is 0 Å². The van der Waals surface area contributed by atoms with Gasteiger partial charge in [-0.05, 0) is 58.0 Å². The number of azide groups is 1. The Balaban J connectivity index is 1.86. The van der Waals surface area contributed by atoms with Gasteiger partial charge in [0.05, 0.1) is 21.8 Å². The average Bonchev–Trinajstić information content (AvgIpc) is 3.16. The zero-order chi connectivity index (χ0) is 22.3. The fourth-order valence-electron chi connectivity index (χ4n) is 3.45. The Hall–Kier alpha value is -3.76. The van der Waals surface area contributed by atoms with Crippen molar-refractivity contribution in [1.82, 2.24) is 4.98 Å². The average molecular weight is 528 g/mol. The van der Waals surface area contributed by atoms with Gasteiger partial charge in [-0.2, -0.15) is 0 Å². The van der Waals surface area contributed by atoms with Crippen molar-refractivity contribution >= 4 is 61.9 Å². The van der Waals surface area contributed by atoms with Gasteiger partial charge in [-0.3, -0.25) is 9.59 Å². The summed E-state index contributed by atoms with van der Waals surface area (Å²) in [7, 11) is 1.50. The van der Waals surface area contributed by atoms with Crippen molar-refractivity contribution in [2.24, 2.45) is 5.11 Å². The van der Waals surface area contributed by atoms with E-state index in [9.17, 15) is 19.8 Å². The van der Waals surface area contributed by atoms with Crippen LogP contribution in [0.5, 0.6) is 5.75 Å². The topological polar surface area (TPSA) is 148 Å². The molecule has 0 saturated carbocycles. The number of ether oxygens (including phenoxy) is 1. The van der Waals surface area contributed by atoms with Crippen LogP contribution in [0, 0.1) is 3.57 Å². The summed E-state index contributed by atoms with van der Waals surface area (Å²) < 4.78 is 5.85. The maximum absolute atomic E-state index is 13.0. The lowest BCUT2D eigenvalue weighted by atomic mass is 9.86. The number of carbonyl (C=O) groups is 2. The smallest absolute Gasteiger partial charge is 0.232 e. The van der Waals surface area contributed by atoms with Crippen LogP contribution in [-0.4, -0.2) is 33.9 Å². The molecule has 0 radical (unpaired) electrons. The summed E-state index contributed by atoms with van der Waals surface area (Å²) in [6, 6.07) is 9.42. The van der Waals surface area contributed by atoms with Crippen LogP contribution in [0.3, 0.4) is 0 Å². The molecule has 10 heteroatoms. The molecule has 2 aromatic carbocycles. The first-order chi connectivity index (χ1) is 14.9. The number of halogens is 1. The molecule has 4 rings (SSSR count). The van der Waals surface area contributed by atoms with Gasteiger partial charge in [0, 0.05) is 33.3 Å². The quantitative estimate of drug-likeness (QED) is 0.141. The fraction of sp³-hybridized carbons (Fsp3) is 0.0476. The number of aromatic nitrogens is 1. The van der Waals surface area contributed by atoms with Crippen molar-refractivity contribution in [2.75, 3.05) is 7.11 Å². The molecular formula is C21H13IN4O5. The number of aliphatic hydroxyl groups is 2. The lowest BCUT2D eigenvalue weighted by Crippen LogP contribution is -2.22. The molecule has 1 aliphatic carbocycles. The number of methoxy groups -OCH3 is 1. The van der Waals surface area contributed by atoms with Gasteiger partial charge in [0.15, 0.2) is 11.5 Å². The second kappa shape index (κ2) is 7.82. The van der Waals surface area contributed by atoms with Crippen LogP contribution in [-0.2, 0) is 9.59 Å². The number of aliphatic hydroxyl groups excluding tert-OH is 2. The summed E-state index contributed by atoms with van der Waals surface area (Å²) in [4.78, 5) is 31.7. The predicted molar refractivity (Wildman–Crippen MR) is 122 cm³/mol. The van der Waals surface area contributed by atoms with Gasteiger partial charge in [-0.25, -0.2) is 0 Å². The van der Waals surface area contributed by atoms with E-state index in [2.05, 4.69) is 15.0 Å². The summed E-state index contributed by atoms with van der Waals surface area (Å²) in [6.07, 6.45) is 1.44. The number of rotatable bonds is 4. The summed E-state index contributed by atoms with van der Waals surface area (Å²) in [5.41, 5.74) is 9.39. The molecule has 0 aliphatic heterocycles. The Morgan fingerprint density at radius 2 is 1.77 bits per heavy atom. The van der Waals surface area contributed by atoms with Crippen LogP contribution in [0.15, 0.2) is 59.2 Å². The number of benzene rings is 2. The molecule has 31 heavy (non-hydrogen) atoms. The molecule has 0 spiro atoms. The Morgan fingerprint density at radius 1 is 1.06 bits per heavy atom. The van der Waals surface area contributed by atoms with E-state index in [1.165, 1.54) is 25.4 Å². The minimum Gasteiger partial charge on any atom is -0.504 e. The third-order valence-corrected chi connectivity index (χ3v) is 5.74. The van der Waals surface area contributed by atoms with E-state index in [1.54, 1.807) is 24.3 Å². The minimum absolute atomic E-state index is 0.204. The standard InChI is InChI=1S/C21H13IN4O5/c1-31-15-5-2-9(6-13(15)22)16-18(27)20(29)17(21(30)19(16)28)12-8-24-14-4-3-10(25-26-23)7-11(12)14/h2-8,24,27,30H,1H3. The van der Waals surface area contributed by atoms with Crippen LogP contribution >= 0.6 is 22.6 Å². The molecule has 154 valence electrons. The lowest BCUT2D eigenvalue weighted by molar-refractivity contribution is -0.116. The summed E-state index contributed by atoms with van der Waals surface area (Å²) in [6.45, 7) is 0. The van der Waals surface area contributed by atoms with Gasteiger partial charge in [0.1, 0.15) is 5.75 Å². The van der Waals surface area contributed by atoms with Gasteiger partial charge >= 0.3 is 0 Å². The van der Waals surface area contributed by atoms with E-state index in [-0.39, 0.29) is 22.3 Å². The predicted octanol–water partition coefficient (Wildman–Crippen LogP) is 5.11. The molecule has 1 aliphatic rings. The van der Waals surface area contributed by atoms with Gasteiger partial charge in [0.2, 0.25) is 11.6 Å². The summed E-state index contributed by atoms with van der Waals surface area (Å²) in [5, 5.41) is 25.3. The molecule has 0 saturated heterocycles. The highest BCUT2D eigenvalue weighted by atomic mass is 127. The largest absolute Gasteiger partial charge is 0.504 e. The van der Waals surface area contributed by atoms with Crippen molar-refractivity contribution in [3.63, 3.8) is 0 Å². The number of hydrogen-bond acceptors (Lipinski definition) is 6. The third kappa shape index (κ3) is 3.31. The van der Waals surface area contributed by atoms with Crippen molar-refractivity contribution in [1.29, 1.82) is 0 Å². The highest BCUT2D eigenvalue weighted by molar-refractivity contribution is 14.1. The molecule has 9 nitrogen and oxygen atoms in total. The number of ketones is 2. The Morgan fingerprint density at radius 3 is 2.45 bits per heavy atom. The number of aromatic amines is 1. The van der Waals surface area contributed by atoms with Crippen LogP contribution in [0.4, 0.5) is 5.69 Å². The lowest BCUT2D eigenvalue weighted by Gasteiger charge is -2.18. The van der Waals surface area contributed by atoms with E-state index >= 15 is 0 Å². The van der Waals surface area contributed by atoms with Crippen LogP contribution in [0.25, 0.3) is 32.5 Å². The molecule has 0 bridgehead atoms. The second-order valence-electron chi connectivity index (χ2n) is 6.58. The van der Waals surface area contributed by atoms with Crippen molar-refractivity contribution < 1.29 is 24.5 Å². The molecule has 3 aromatic rings. The highest BCUT2D eigenvalue weighted by Gasteiger charge is 2.37. The van der Waals surface area contributed by atoms with E-state index in [1.807, 2.05) is 22.6 Å². The highest BCUT2D eigenvalue weighted by Crippen LogP contribution is 2.38. The van der Waals surface area contributed by atoms with E-state index in [0.717, 1.165) is 0 Å². The van der Waals surface area contributed by atoms with Gasteiger partial charge in [0.25, 0.3) is 0 Å². The summed E-state index contributed by atoms with van der Waals surface area (Å²) >= 11 is 2.00. The minimum atomic E-state index is -0.895. The maximum atomic E-state index is 13.0. The zero-order valence-electron chi connectivity index (χ0n) is 15.9. The monoisotopic (exact) mass is 528 g/mol. The first-order valence-electron chi connectivity index (χ1n) is 8.83. The number of H-pyrrole nitrogens is 1. The fourth-order valence-corrected chi connectivity index (χ4v) is 4.18. The molecular weight excluding hydrogens is 515 g/mol. The first-order valence-corrected chi connectivity index (χ1v) is 9.91. The third-order valence-electron chi connectivity index (χ3n) is 4.89. The SMILES string of the molecule is COc1ccc(C2=C(O)C(=O)C(c3c[nH]c4ccc(N=[N+]=[N-])cc34)=C(O)C2=O)cc1I. The van der Waals surface area contributed by atoms with Crippen LogP contribution in [0.2, 0.25) is 0 Å². The maximum Gasteiger partial charge on any atom is 0.232 e. The molecule has 1 aromatic heterocycles. The van der Waals surface area contributed by atoms with Crippen molar-refractivity contribution in [3.05, 3.63) is 79.3 Å². The number of Topliss-reactive ketones (excluding diaryl/α,β-unsaturated/α-hetero) is 2. The van der Waals surface area contributed by atoms with E-state index in [0.29, 0.717) is 25.9 Å². The number of allylic oxidation sites excluding steroid dienone is 2. The van der Waals surface area contributed by atoms with Gasteiger partial charge in [-0.1, -0.05) is 17.2 Å². The Kier molecular flexibility index (Phi) is 5.17. The number of nitrogens with one attached hydrogen (secondary N) is 1. The van der Waals surface area contributed by atoms with E-state index in [4.69, 9.17) is 10.3 Å². The van der Waals surface area contributed by atoms with Crippen molar-refractivity contribution in [3.8, 4) is 5.75 Å². The Labute approximate surface area is 188 Å². The molecule has 3 N–H and O–H groups in total. The van der Waals surface area contributed by atoms with Crippen molar-refractivity contribution in [2.45, 2.75) is 0 Å². The number of carbonyl (C=O) groups excluding carboxylic acids is 2. The molecule has 1 heterocycles. The van der Waals surface area contributed by atoms with Crippen LogP contribution in [0.1, 0.15) is 11.1 Å². The second-order valence-corrected chi connectivity index (χ2v) is 7.74. The normalized spacial score (nSPS) is 14.3. The summed E-state index contributed by atoms with van der Waals surface area (Å²) in [5.74, 6) is -2.76. The Bertz CT molecular complexity index is 1400. The zero-order valence-corrected chi connectivity index (χ0v) is 18.0. The number of nitrogens with zero attached hydrogens (tertiary/aromatic N) is 3.